The maximum Gasteiger partial charge on any atom is 0.244 e. The number of hydrogen-bond donors (Lipinski definition) is 2. The van der Waals surface area contributed by atoms with E-state index in [4.69, 9.17) is 18.0 Å². The summed E-state index contributed by atoms with van der Waals surface area (Å²) < 4.78 is 28.9. The second kappa shape index (κ2) is 5.40. The van der Waals surface area contributed by atoms with Crippen molar-refractivity contribution in [1.29, 1.82) is 0 Å². The Morgan fingerprint density at radius 3 is 2.50 bits per heavy atom. The Balaban J connectivity index is 2.27. The minimum absolute atomic E-state index is 0.120. The number of piperidine rings is 1. The first kappa shape index (κ1) is 15.4. The summed E-state index contributed by atoms with van der Waals surface area (Å²) in [4.78, 5) is 2.43. The Labute approximate surface area is 124 Å². The molecule has 9 heteroatoms. The molecule has 1 saturated heterocycles. The monoisotopic (exact) mass is 317 g/mol. The summed E-state index contributed by atoms with van der Waals surface area (Å²) in [5.74, 6) is 0. The number of nitrogens with zero attached hydrogens (tertiary/aromatic N) is 3. The van der Waals surface area contributed by atoms with Crippen LogP contribution in [0.25, 0.3) is 0 Å². The molecule has 1 aliphatic heterocycles. The molecular formula is C11H19N5O2S2. The summed E-state index contributed by atoms with van der Waals surface area (Å²) >= 11 is 5.10. The van der Waals surface area contributed by atoms with Crippen molar-refractivity contribution in [2.45, 2.75) is 23.3 Å². The second-order valence-electron chi connectivity index (χ2n) is 5.20. The molecule has 0 atom stereocenters. The largest absolute Gasteiger partial charge is 0.392 e. The molecule has 0 aromatic carbocycles. The Morgan fingerprint density at radius 1 is 1.45 bits per heavy atom. The number of rotatable bonds is 4. The van der Waals surface area contributed by atoms with E-state index < -0.39 is 15.6 Å². The average molecular weight is 317 g/mol. The van der Waals surface area contributed by atoms with Gasteiger partial charge in [0.2, 0.25) is 10.0 Å². The molecule has 7 nitrogen and oxygen atoms in total. The minimum Gasteiger partial charge on any atom is -0.392 e. The standard InChI is InChI=1S/C11H19N5O2S2/c1-15-5-3-11(4-6-15,10(12)19)14-20(17,18)9-7-13-16(2)8-9/h7-8,14H,3-6H2,1-2H3,(H2,12,19). The fourth-order valence-corrected chi connectivity index (χ4v) is 4.00. The van der Waals surface area contributed by atoms with Crippen molar-refractivity contribution in [1.82, 2.24) is 19.4 Å². The lowest BCUT2D eigenvalue weighted by Gasteiger charge is -2.39. The Hall–Kier alpha value is -1.03. The van der Waals surface area contributed by atoms with E-state index >= 15 is 0 Å². The van der Waals surface area contributed by atoms with Gasteiger partial charge in [-0.1, -0.05) is 12.2 Å². The van der Waals surface area contributed by atoms with Crippen molar-refractivity contribution < 1.29 is 8.42 Å². The third-order valence-electron chi connectivity index (χ3n) is 3.63. The molecule has 0 amide bonds. The molecule has 0 aliphatic carbocycles. The zero-order valence-electron chi connectivity index (χ0n) is 11.5. The van der Waals surface area contributed by atoms with Crippen molar-refractivity contribution in [2.75, 3.05) is 20.1 Å². The van der Waals surface area contributed by atoms with Crippen molar-refractivity contribution in [3.63, 3.8) is 0 Å². The lowest BCUT2D eigenvalue weighted by molar-refractivity contribution is 0.220. The molecule has 1 fully saturated rings. The highest BCUT2D eigenvalue weighted by Gasteiger charge is 2.40. The maximum atomic E-state index is 12.4. The van der Waals surface area contributed by atoms with E-state index in [2.05, 4.69) is 14.7 Å². The van der Waals surface area contributed by atoms with Gasteiger partial charge in [-0.05, 0) is 19.9 Å². The van der Waals surface area contributed by atoms with Crippen LogP contribution in [0.15, 0.2) is 17.3 Å². The van der Waals surface area contributed by atoms with E-state index in [1.165, 1.54) is 17.1 Å². The second-order valence-corrected chi connectivity index (χ2v) is 7.33. The maximum absolute atomic E-state index is 12.4. The third kappa shape index (κ3) is 3.00. The number of nitrogens with two attached hydrogens (primary N) is 1. The summed E-state index contributed by atoms with van der Waals surface area (Å²) in [5.41, 5.74) is 4.95. The van der Waals surface area contributed by atoms with Crippen molar-refractivity contribution in [3.05, 3.63) is 12.4 Å². The van der Waals surface area contributed by atoms with Crippen LogP contribution in [0.4, 0.5) is 0 Å². The van der Waals surface area contributed by atoms with Crippen LogP contribution in [0.5, 0.6) is 0 Å². The molecule has 0 unspecified atom stereocenters. The van der Waals surface area contributed by atoms with Gasteiger partial charge in [0.15, 0.2) is 0 Å². The van der Waals surface area contributed by atoms with Gasteiger partial charge in [-0.2, -0.15) is 9.82 Å². The number of likely N-dealkylation sites (tertiary alicyclic amines) is 1. The predicted molar refractivity (Wildman–Crippen MR) is 79.8 cm³/mol. The quantitative estimate of drug-likeness (QED) is 0.724. The van der Waals surface area contributed by atoms with Gasteiger partial charge in [0.05, 0.1) is 16.7 Å². The highest BCUT2D eigenvalue weighted by atomic mass is 32.2. The first-order valence-electron chi connectivity index (χ1n) is 6.26. The lowest BCUT2D eigenvalue weighted by Crippen LogP contribution is -2.61. The number of aryl methyl sites for hydroxylation is 1. The smallest absolute Gasteiger partial charge is 0.244 e. The molecule has 2 rings (SSSR count). The molecule has 0 saturated carbocycles. The highest BCUT2D eigenvalue weighted by Crippen LogP contribution is 2.24. The van der Waals surface area contributed by atoms with Gasteiger partial charge in [0.1, 0.15) is 4.90 Å². The molecule has 0 radical (unpaired) electrons. The van der Waals surface area contributed by atoms with Crippen LogP contribution in [-0.2, 0) is 17.1 Å². The van der Waals surface area contributed by atoms with Crippen LogP contribution >= 0.6 is 12.2 Å². The van der Waals surface area contributed by atoms with Crippen LogP contribution in [-0.4, -0.2) is 53.8 Å². The predicted octanol–water partition coefficient (Wildman–Crippen LogP) is -0.551. The van der Waals surface area contributed by atoms with Crippen LogP contribution in [0.2, 0.25) is 0 Å². The minimum atomic E-state index is -3.68. The molecule has 1 aromatic heterocycles. The summed E-state index contributed by atoms with van der Waals surface area (Å²) in [6.07, 6.45) is 3.89. The average Bonchev–Trinajstić information content (AvgIpc) is 2.79. The van der Waals surface area contributed by atoms with Gasteiger partial charge in [-0.25, -0.2) is 8.42 Å². The van der Waals surface area contributed by atoms with E-state index in [1.54, 1.807) is 7.05 Å². The van der Waals surface area contributed by atoms with Gasteiger partial charge in [0, 0.05) is 26.3 Å². The number of thiocarbonyl (C=S) groups is 1. The zero-order chi connectivity index (χ0) is 15.0. The number of aromatic nitrogens is 2. The summed E-state index contributed by atoms with van der Waals surface area (Å²) in [7, 11) is -0.0295. The van der Waals surface area contributed by atoms with E-state index in [0.717, 1.165) is 13.1 Å². The Kier molecular flexibility index (Phi) is 4.14. The van der Waals surface area contributed by atoms with Crippen molar-refractivity contribution in [3.8, 4) is 0 Å². The Bertz CT molecular complexity index is 602. The lowest BCUT2D eigenvalue weighted by atomic mass is 9.89. The van der Waals surface area contributed by atoms with Crippen LogP contribution in [0.1, 0.15) is 12.8 Å². The first-order chi connectivity index (χ1) is 9.25. The molecule has 1 aliphatic rings. The number of hydrogen-bond acceptors (Lipinski definition) is 5. The fraction of sp³-hybridized carbons (Fsp3) is 0.636. The molecule has 0 spiro atoms. The van der Waals surface area contributed by atoms with Crippen molar-refractivity contribution in [2.24, 2.45) is 12.8 Å². The molecule has 1 aromatic rings. The number of sulfonamides is 1. The van der Waals surface area contributed by atoms with Gasteiger partial charge >= 0.3 is 0 Å². The summed E-state index contributed by atoms with van der Waals surface area (Å²) in [6, 6.07) is 0. The van der Waals surface area contributed by atoms with E-state index in [9.17, 15) is 8.42 Å². The molecule has 0 bridgehead atoms. The van der Waals surface area contributed by atoms with Crippen LogP contribution in [0.3, 0.4) is 0 Å². The normalized spacial score (nSPS) is 19.9. The summed E-state index contributed by atoms with van der Waals surface area (Å²) in [5, 5.41) is 3.88. The zero-order valence-corrected chi connectivity index (χ0v) is 13.2. The first-order valence-corrected chi connectivity index (χ1v) is 8.15. The Morgan fingerprint density at radius 2 is 2.05 bits per heavy atom. The van der Waals surface area contributed by atoms with Gasteiger partial charge in [-0.3, -0.25) is 4.68 Å². The van der Waals surface area contributed by atoms with Gasteiger partial charge < -0.3 is 10.6 Å². The molecular weight excluding hydrogens is 298 g/mol. The number of nitrogens with one attached hydrogen (secondary N) is 1. The van der Waals surface area contributed by atoms with Crippen molar-refractivity contribution >= 4 is 27.2 Å². The van der Waals surface area contributed by atoms with E-state index in [-0.39, 0.29) is 9.88 Å². The van der Waals surface area contributed by atoms with Crippen LogP contribution in [0, 0.1) is 0 Å². The van der Waals surface area contributed by atoms with E-state index in [0.29, 0.717) is 12.8 Å². The topological polar surface area (TPSA) is 93.2 Å². The summed E-state index contributed by atoms with van der Waals surface area (Å²) in [6.45, 7) is 1.49. The molecule has 3 N–H and O–H groups in total. The van der Waals surface area contributed by atoms with Gasteiger partial charge in [0.25, 0.3) is 0 Å². The molecule has 2 heterocycles. The molecule has 112 valence electrons. The van der Waals surface area contributed by atoms with E-state index in [1.807, 2.05) is 7.05 Å². The van der Waals surface area contributed by atoms with Gasteiger partial charge in [-0.15, -0.1) is 0 Å². The molecule has 20 heavy (non-hydrogen) atoms. The third-order valence-corrected chi connectivity index (χ3v) is 5.52. The van der Waals surface area contributed by atoms with Crippen LogP contribution < -0.4 is 10.5 Å². The SMILES string of the molecule is CN1CCC(NS(=O)(=O)c2cnn(C)c2)(C(N)=S)CC1. The fourth-order valence-electron chi connectivity index (χ4n) is 2.25. The highest BCUT2D eigenvalue weighted by molar-refractivity contribution is 7.89.